The van der Waals surface area contributed by atoms with E-state index in [9.17, 15) is 0 Å². The van der Waals surface area contributed by atoms with Gasteiger partial charge in [-0.3, -0.25) is 4.98 Å². The monoisotopic (exact) mass is 411 g/mol. The van der Waals surface area contributed by atoms with Gasteiger partial charge in [-0.2, -0.15) is 0 Å². The topological polar surface area (TPSA) is 22.1 Å². The van der Waals surface area contributed by atoms with Crippen LogP contribution in [0.5, 0.6) is 0 Å². The fraction of sp³-hybridized carbons (Fsp3) is 0.222. The molecule has 0 aliphatic carbocycles. The SMILES string of the molecule is C[C@@H](O[Si](c1ccccc1)(c1ccccc1)C(C)(C)C)c1cc2ccccc2cn1. The number of nitrogens with zero attached hydrogens (tertiary/aromatic N) is 1. The molecule has 3 heteroatoms. The molecule has 0 saturated heterocycles. The van der Waals surface area contributed by atoms with Crippen LogP contribution in [-0.2, 0) is 4.43 Å². The highest BCUT2D eigenvalue weighted by atomic mass is 28.4. The van der Waals surface area contributed by atoms with Crippen molar-refractivity contribution in [3.8, 4) is 0 Å². The Morgan fingerprint density at radius 3 is 1.77 bits per heavy atom. The minimum Gasteiger partial charge on any atom is -0.399 e. The van der Waals surface area contributed by atoms with Crippen LogP contribution < -0.4 is 10.4 Å². The quantitative estimate of drug-likeness (QED) is 0.383. The third-order valence-electron chi connectivity index (χ3n) is 5.84. The first-order chi connectivity index (χ1) is 14.4. The molecule has 152 valence electrons. The second-order valence-electron chi connectivity index (χ2n) is 8.88. The molecule has 1 atom stereocenters. The summed E-state index contributed by atoms with van der Waals surface area (Å²) in [6.45, 7) is 9.05. The molecule has 0 amide bonds. The van der Waals surface area contributed by atoms with E-state index >= 15 is 0 Å². The van der Waals surface area contributed by atoms with Gasteiger partial charge < -0.3 is 4.43 Å². The Kier molecular flexibility index (Phi) is 5.59. The van der Waals surface area contributed by atoms with Crippen molar-refractivity contribution < 1.29 is 4.43 Å². The summed E-state index contributed by atoms with van der Waals surface area (Å²) in [5, 5.41) is 4.87. The zero-order valence-electron chi connectivity index (χ0n) is 18.2. The molecule has 0 fully saturated rings. The Morgan fingerprint density at radius 1 is 0.733 bits per heavy atom. The van der Waals surface area contributed by atoms with Crippen molar-refractivity contribution in [3.63, 3.8) is 0 Å². The second-order valence-corrected chi connectivity index (χ2v) is 13.1. The Bertz CT molecular complexity index is 1080. The first kappa shape index (κ1) is 20.5. The molecule has 3 aromatic carbocycles. The number of benzene rings is 3. The highest BCUT2D eigenvalue weighted by molar-refractivity contribution is 6.99. The van der Waals surface area contributed by atoms with Gasteiger partial charge in [-0.15, -0.1) is 0 Å². The molecular formula is C27H29NOSi. The molecule has 1 aromatic heterocycles. The Morgan fingerprint density at radius 2 is 1.23 bits per heavy atom. The minimum absolute atomic E-state index is 0.0547. The van der Waals surface area contributed by atoms with E-state index in [0.717, 1.165) is 11.1 Å². The minimum atomic E-state index is -2.60. The largest absolute Gasteiger partial charge is 0.399 e. The van der Waals surface area contributed by atoms with E-state index in [4.69, 9.17) is 9.41 Å². The van der Waals surface area contributed by atoms with Crippen molar-refractivity contribution in [3.05, 3.63) is 103 Å². The van der Waals surface area contributed by atoms with Gasteiger partial charge in [-0.25, -0.2) is 0 Å². The van der Waals surface area contributed by atoms with E-state index < -0.39 is 8.32 Å². The predicted octanol–water partition coefficient (Wildman–Crippen LogP) is 5.87. The van der Waals surface area contributed by atoms with Crippen molar-refractivity contribution in [2.45, 2.75) is 38.8 Å². The van der Waals surface area contributed by atoms with Crippen LogP contribution in [0.3, 0.4) is 0 Å². The lowest BCUT2D eigenvalue weighted by Gasteiger charge is -2.44. The fourth-order valence-corrected chi connectivity index (χ4v) is 9.01. The second kappa shape index (κ2) is 8.17. The van der Waals surface area contributed by atoms with Gasteiger partial charge in [0.1, 0.15) is 0 Å². The van der Waals surface area contributed by atoms with E-state index in [2.05, 4.69) is 113 Å². The number of pyridine rings is 1. The van der Waals surface area contributed by atoms with Crippen molar-refractivity contribution in [2.75, 3.05) is 0 Å². The van der Waals surface area contributed by atoms with Gasteiger partial charge in [0.2, 0.25) is 0 Å². The average molecular weight is 412 g/mol. The van der Waals surface area contributed by atoms with Gasteiger partial charge >= 0.3 is 0 Å². The number of aromatic nitrogens is 1. The standard InChI is InChI=1S/C27H29NOSi/c1-21(26-19-22-13-11-12-14-23(22)20-28-26)29-30(27(2,3)4,24-15-7-5-8-16-24)25-17-9-6-10-18-25/h5-21H,1-4H3/t21-/m1/s1. The van der Waals surface area contributed by atoms with Crippen LogP contribution in [0, 0.1) is 0 Å². The van der Waals surface area contributed by atoms with Crippen LogP contribution in [0.1, 0.15) is 39.5 Å². The van der Waals surface area contributed by atoms with Crippen LogP contribution in [0.15, 0.2) is 97.2 Å². The molecule has 1 heterocycles. The van der Waals surface area contributed by atoms with Crippen molar-refractivity contribution >= 4 is 29.5 Å². The highest BCUT2D eigenvalue weighted by Gasteiger charge is 2.51. The molecule has 30 heavy (non-hydrogen) atoms. The average Bonchev–Trinajstić information content (AvgIpc) is 2.77. The summed E-state index contributed by atoms with van der Waals surface area (Å²) in [6, 6.07) is 32.0. The predicted molar refractivity (Wildman–Crippen MR) is 129 cm³/mol. The lowest BCUT2D eigenvalue weighted by Crippen LogP contribution is -2.66. The first-order valence-corrected chi connectivity index (χ1v) is 12.5. The molecule has 0 aliphatic rings. The summed E-state index contributed by atoms with van der Waals surface area (Å²) in [4.78, 5) is 4.76. The summed E-state index contributed by atoms with van der Waals surface area (Å²) in [5.74, 6) is 0. The van der Waals surface area contributed by atoms with Crippen molar-refractivity contribution in [1.29, 1.82) is 0 Å². The molecule has 0 radical (unpaired) electrons. The van der Waals surface area contributed by atoms with E-state index in [1.54, 1.807) is 0 Å². The summed E-state index contributed by atoms with van der Waals surface area (Å²) in [6.07, 6.45) is 1.83. The Balaban J connectivity index is 1.85. The maximum Gasteiger partial charge on any atom is 0.261 e. The van der Waals surface area contributed by atoms with Gasteiger partial charge in [0.25, 0.3) is 8.32 Å². The number of hydrogen-bond donors (Lipinski definition) is 0. The van der Waals surface area contributed by atoms with Gasteiger partial charge in [0, 0.05) is 11.6 Å². The molecule has 0 aliphatic heterocycles. The molecule has 0 saturated carbocycles. The van der Waals surface area contributed by atoms with Gasteiger partial charge in [-0.1, -0.05) is 106 Å². The van der Waals surface area contributed by atoms with E-state index in [0.29, 0.717) is 0 Å². The van der Waals surface area contributed by atoms with Gasteiger partial charge in [0.15, 0.2) is 0 Å². The molecule has 0 spiro atoms. The lowest BCUT2D eigenvalue weighted by atomic mass is 10.1. The van der Waals surface area contributed by atoms with Gasteiger partial charge in [-0.05, 0) is 33.8 Å². The molecule has 0 N–H and O–H groups in total. The smallest absolute Gasteiger partial charge is 0.261 e. The van der Waals surface area contributed by atoms with E-state index in [-0.39, 0.29) is 11.1 Å². The zero-order valence-corrected chi connectivity index (χ0v) is 19.2. The molecule has 4 aromatic rings. The van der Waals surface area contributed by atoms with Crippen LogP contribution >= 0.6 is 0 Å². The Labute approximate surface area is 180 Å². The van der Waals surface area contributed by atoms with Crippen LogP contribution in [0.4, 0.5) is 0 Å². The van der Waals surface area contributed by atoms with Gasteiger partial charge in [0.05, 0.1) is 11.8 Å². The van der Waals surface area contributed by atoms with Crippen molar-refractivity contribution in [1.82, 2.24) is 4.98 Å². The highest BCUT2D eigenvalue weighted by Crippen LogP contribution is 2.39. The zero-order chi connectivity index (χ0) is 21.2. The first-order valence-electron chi connectivity index (χ1n) is 10.6. The molecule has 2 nitrogen and oxygen atoms in total. The van der Waals surface area contributed by atoms with Crippen LogP contribution in [0.2, 0.25) is 5.04 Å². The molecular weight excluding hydrogens is 382 g/mol. The lowest BCUT2D eigenvalue weighted by molar-refractivity contribution is 0.206. The van der Waals surface area contributed by atoms with Crippen LogP contribution in [-0.4, -0.2) is 13.3 Å². The fourth-order valence-electron chi connectivity index (χ4n) is 4.34. The Hall–Kier alpha value is -2.75. The summed E-state index contributed by atoms with van der Waals surface area (Å²) >= 11 is 0. The number of hydrogen-bond acceptors (Lipinski definition) is 2. The number of rotatable bonds is 5. The van der Waals surface area contributed by atoms with E-state index in [1.807, 2.05) is 12.3 Å². The summed E-state index contributed by atoms with van der Waals surface area (Å²) < 4.78 is 7.19. The maximum absolute atomic E-state index is 7.19. The molecule has 0 bridgehead atoms. The molecule has 4 rings (SSSR count). The third-order valence-corrected chi connectivity index (χ3v) is 11.0. The normalized spacial score (nSPS) is 13.3. The summed E-state index contributed by atoms with van der Waals surface area (Å²) in [5.41, 5.74) is 0.974. The molecule has 0 unspecified atom stereocenters. The van der Waals surface area contributed by atoms with Crippen molar-refractivity contribution in [2.24, 2.45) is 0 Å². The van der Waals surface area contributed by atoms with Crippen LogP contribution in [0.25, 0.3) is 10.8 Å². The summed E-state index contributed by atoms with van der Waals surface area (Å²) in [7, 11) is -2.60. The third kappa shape index (κ3) is 3.71. The maximum atomic E-state index is 7.19. The number of fused-ring (bicyclic) bond motifs is 1. The van der Waals surface area contributed by atoms with E-state index in [1.165, 1.54) is 15.8 Å².